The number of amides is 1. The number of phosphoric ester groups is 1. The number of phosphoric acid groups is 1. The van der Waals surface area contributed by atoms with Crippen LogP contribution >= 0.6 is 7.82 Å². The Hall–Kier alpha value is -1.80. The maximum absolute atomic E-state index is 12.8. The Kier molecular flexibility index (Phi) is 32.8. The van der Waals surface area contributed by atoms with Crippen LogP contribution < -0.4 is 5.32 Å². The zero-order valence-corrected chi connectivity index (χ0v) is 34.2. The van der Waals surface area contributed by atoms with Gasteiger partial charge in [-0.3, -0.25) is 13.8 Å². The molecule has 0 aliphatic carbocycles. The highest BCUT2D eigenvalue weighted by molar-refractivity contribution is 7.47. The highest BCUT2D eigenvalue weighted by Gasteiger charge is 2.27. The number of aliphatic hydroxyl groups is 1. The molecule has 0 fully saturated rings. The molecule has 0 saturated heterocycles. The molecule has 0 aliphatic rings. The van der Waals surface area contributed by atoms with Gasteiger partial charge in [0.2, 0.25) is 5.91 Å². The summed E-state index contributed by atoms with van der Waals surface area (Å²) in [6.45, 7) is 4.69. The fraction of sp³-hybridized carbons (Fsp3) is 0.738. The molecule has 0 heterocycles. The molecular formula is C42H78N2O6P+. The van der Waals surface area contributed by atoms with Crippen molar-refractivity contribution in [2.75, 3.05) is 40.9 Å². The van der Waals surface area contributed by atoms with Crippen molar-refractivity contribution in [3.63, 3.8) is 0 Å². The van der Waals surface area contributed by atoms with E-state index >= 15 is 0 Å². The third-order valence-corrected chi connectivity index (χ3v) is 9.45. The predicted molar refractivity (Wildman–Crippen MR) is 217 cm³/mol. The van der Waals surface area contributed by atoms with Crippen molar-refractivity contribution < 1.29 is 32.9 Å². The normalized spacial score (nSPS) is 15.2. The number of unbranched alkanes of at least 4 members (excludes halogenated alkanes) is 15. The number of hydrogen-bond acceptors (Lipinski definition) is 5. The second-order valence-electron chi connectivity index (χ2n) is 14.7. The second kappa shape index (κ2) is 34.0. The summed E-state index contributed by atoms with van der Waals surface area (Å²) < 4.78 is 23.4. The van der Waals surface area contributed by atoms with Crippen LogP contribution in [0.1, 0.15) is 149 Å². The summed E-state index contributed by atoms with van der Waals surface area (Å²) in [7, 11) is 1.52. The van der Waals surface area contributed by atoms with Gasteiger partial charge in [0, 0.05) is 6.42 Å². The van der Waals surface area contributed by atoms with Crippen LogP contribution in [0, 0.1) is 0 Å². The topological polar surface area (TPSA) is 105 Å². The molecule has 0 radical (unpaired) electrons. The smallest absolute Gasteiger partial charge is 0.387 e. The van der Waals surface area contributed by atoms with Crippen LogP contribution in [0.25, 0.3) is 0 Å². The molecule has 1 amide bonds. The summed E-state index contributed by atoms with van der Waals surface area (Å²) in [4.78, 5) is 23.0. The van der Waals surface area contributed by atoms with Gasteiger partial charge in [-0.15, -0.1) is 0 Å². The van der Waals surface area contributed by atoms with Crippen molar-refractivity contribution >= 4 is 13.7 Å². The quantitative estimate of drug-likeness (QED) is 0.0197. The van der Waals surface area contributed by atoms with Crippen molar-refractivity contribution in [3.05, 3.63) is 60.8 Å². The predicted octanol–water partition coefficient (Wildman–Crippen LogP) is 10.7. The van der Waals surface area contributed by atoms with Crippen LogP contribution in [0.4, 0.5) is 0 Å². The molecule has 0 saturated carbocycles. The minimum Gasteiger partial charge on any atom is -0.387 e. The van der Waals surface area contributed by atoms with E-state index in [1.165, 1.54) is 64.2 Å². The highest BCUT2D eigenvalue weighted by atomic mass is 31.2. The lowest BCUT2D eigenvalue weighted by atomic mass is 10.1. The lowest BCUT2D eigenvalue weighted by Gasteiger charge is -2.25. The number of likely N-dealkylation sites (N-methyl/N-ethyl adjacent to an activating group) is 1. The molecule has 3 unspecified atom stereocenters. The van der Waals surface area contributed by atoms with Crippen molar-refractivity contribution in [2.24, 2.45) is 0 Å². The van der Waals surface area contributed by atoms with Crippen molar-refractivity contribution in [2.45, 2.75) is 161 Å². The van der Waals surface area contributed by atoms with Crippen LogP contribution in [0.5, 0.6) is 0 Å². The molecule has 0 aromatic carbocycles. The molecular weight excluding hydrogens is 659 g/mol. The first-order valence-corrected chi connectivity index (χ1v) is 21.7. The maximum atomic E-state index is 12.8. The first kappa shape index (κ1) is 49.2. The van der Waals surface area contributed by atoms with Crippen LogP contribution in [0.2, 0.25) is 0 Å². The summed E-state index contributed by atoms with van der Waals surface area (Å²) in [5, 5.41) is 13.7. The first-order valence-electron chi connectivity index (χ1n) is 20.2. The van der Waals surface area contributed by atoms with Crippen LogP contribution in [0.3, 0.4) is 0 Å². The van der Waals surface area contributed by atoms with E-state index in [1.807, 2.05) is 27.2 Å². The van der Waals surface area contributed by atoms with Crippen molar-refractivity contribution in [1.29, 1.82) is 0 Å². The molecule has 0 bridgehead atoms. The molecule has 9 heteroatoms. The third-order valence-electron chi connectivity index (χ3n) is 8.47. The van der Waals surface area contributed by atoms with E-state index in [-0.39, 0.29) is 19.1 Å². The summed E-state index contributed by atoms with van der Waals surface area (Å²) >= 11 is 0. The van der Waals surface area contributed by atoms with Crippen LogP contribution in [0.15, 0.2) is 60.8 Å². The zero-order chi connectivity index (χ0) is 37.9. The van der Waals surface area contributed by atoms with Crippen LogP contribution in [-0.2, 0) is 18.4 Å². The lowest BCUT2D eigenvalue weighted by Crippen LogP contribution is -2.45. The number of nitrogens with zero attached hydrogens (tertiary/aromatic N) is 1. The number of carbonyl (C=O) groups is 1. The van der Waals surface area contributed by atoms with Gasteiger partial charge in [-0.05, 0) is 70.6 Å². The van der Waals surface area contributed by atoms with Crippen LogP contribution in [-0.4, -0.2) is 73.4 Å². The summed E-state index contributed by atoms with van der Waals surface area (Å²) in [6, 6.07) is -0.875. The first-order chi connectivity index (χ1) is 24.5. The number of carbonyl (C=O) groups excluding carboxylic acids is 1. The van der Waals surface area contributed by atoms with Gasteiger partial charge in [-0.2, -0.15) is 0 Å². The molecule has 3 atom stereocenters. The number of hydrogen-bond donors (Lipinski definition) is 3. The Bertz CT molecular complexity index is 1020. The van der Waals surface area contributed by atoms with E-state index < -0.39 is 20.0 Å². The molecule has 8 nitrogen and oxygen atoms in total. The van der Waals surface area contributed by atoms with Gasteiger partial charge in [-0.25, -0.2) is 4.57 Å². The van der Waals surface area contributed by atoms with E-state index in [0.29, 0.717) is 17.4 Å². The molecule has 0 spiro atoms. The number of allylic oxidation sites excluding steroid dienone is 9. The lowest BCUT2D eigenvalue weighted by molar-refractivity contribution is -0.870. The second-order valence-corrected chi connectivity index (χ2v) is 16.1. The Morgan fingerprint density at radius 1 is 0.667 bits per heavy atom. The Morgan fingerprint density at radius 3 is 1.73 bits per heavy atom. The summed E-state index contributed by atoms with van der Waals surface area (Å²) in [5.74, 6) is -0.208. The average Bonchev–Trinajstić information content (AvgIpc) is 3.07. The summed E-state index contributed by atoms with van der Waals surface area (Å²) in [5.41, 5.74) is 0. The van der Waals surface area contributed by atoms with Gasteiger partial charge in [0.15, 0.2) is 0 Å². The largest absolute Gasteiger partial charge is 0.472 e. The van der Waals surface area contributed by atoms with Gasteiger partial charge in [0.25, 0.3) is 0 Å². The Balaban J connectivity index is 4.62. The summed E-state index contributed by atoms with van der Waals surface area (Å²) in [6.07, 6.45) is 42.8. The van der Waals surface area contributed by atoms with E-state index in [0.717, 1.165) is 64.2 Å². The standard InChI is InChI=1S/C42H77N2O6P/c1-6-8-10-12-14-16-18-20-22-24-26-28-30-32-34-36-42(46)43-40(39-50-51(47,48)49-38-37-44(3,4)5)41(45)35-33-31-29-27-25-23-21-19-17-15-13-11-9-7-2/h14,16-20,25,27,33,35,40-41,45H,6-13,15,21-24,26,28-32,34,36-39H2,1-5H3,(H-,43,46,47,48)/p+1/b16-14-,19-17+,20-18-,27-25+,35-33+. The van der Waals surface area contributed by atoms with Gasteiger partial charge >= 0.3 is 7.82 Å². The van der Waals surface area contributed by atoms with Gasteiger partial charge in [-0.1, -0.05) is 132 Å². The Morgan fingerprint density at radius 2 is 1.14 bits per heavy atom. The van der Waals surface area contributed by atoms with Crippen molar-refractivity contribution in [3.8, 4) is 0 Å². The number of aliphatic hydroxyl groups excluding tert-OH is 1. The number of rotatable bonds is 35. The van der Waals surface area contributed by atoms with E-state index in [4.69, 9.17) is 9.05 Å². The number of quaternary nitrogens is 1. The van der Waals surface area contributed by atoms with E-state index in [9.17, 15) is 19.4 Å². The van der Waals surface area contributed by atoms with Gasteiger partial charge < -0.3 is 19.8 Å². The van der Waals surface area contributed by atoms with Gasteiger partial charge in [0.1, 0.15) is 13.2 Å². The molecule has 3 N–H and O–H groups in total. The minimum atomic E-state index is -4.35. The molecule has 51 heavy (non-hydrogen) atoms. The fourth-order valence-corrected chi connectivity index (χ4v) is 5.91. The van der Waals surface area contributed by atoms with E-state index in [2.05, 4.69) is 67.8 Å². The average molecular weight is 738 g/mol. The molecule has 0 aromatic rings. The molecule has 0 rings (SSSR count). The zero-order valence-electron chi connectivity index (χ0n) is 33.3. The third kappa shape index (κ3) is 36.4. The van der Waals surface area contributed by atoms with Gasteiger partial charge in [0.05, 0.1) is 39.9 Å². The molecule has 0 aliphatic heterocycles. The molecule has 296 valence electrons. The fourth-order valence-electron chi connectivity index (χ4n) is 5.18. The number of nitrogens with one attached hydrogen (secondary N) is 1. The highest BCUT2D eigenvalue weighted by Crippen LogP contribution is 2.43. The molecule has 0 aromatic heterocycles. The van der Waals surface area contributed by atoms with E-state index in [1.54, 1.807) is 6.08 Å². The maximum Gasteiger partial charge on any atom is 0.472 e. The minimum absolute atomic E-state index is 0.0485. The van der Waals surface area contributed by atoms with Crippen molar-refractivity contribution in [1.82, 2.24) is 5.32 Å². The monoisotopic (exact) mass is 738 g/mol. The SMILES string of the molecule is CCCCC/C=C\C=C/CCCCCCCCC(=O)NC(COP(=O)(O)OCC[N+](C)(C)C)C(O)/C=C/CC/C=C/CC/C=C/CCCCCC. The Labute approximate surface area is 313 Å².